The van der Waals surface area contributed by atoms with Crippen molar-refractivity contribution >= 4 is 11.6 Å². The maximum absolute atomic E-state index is 13.6. The van der Waals surface area contributed by atoms with Gasteiger partial charge in [-0.1, -0.05) is 0 Å². The third-order valence-corrected chi connectivity index (χ3v) is 3.38. The molecule has 1 aromatic carbocycles. The van der Waals surface area contributed by atoms with Crippen LogP contribution in [-0.2, 0) is 6.54 Å². The quantitative estimate of drug-likeness (QED) is 0.755. The van der Waals surface area contributed by atoms with E-state index in [2.05, 4.69) is 10.3 Å². The van der Waals surface area contributed by atoms with Crippen molar-refractivity contribution in [2.75, 3.05) is 0 Å². The Morgan fingerprint density at radius 3 is 2.78 bits per heavy atom. The van der Waals surface area contributed by atoms with E-state index in [1.54, 1.807) is 10.6 Å². The molecular formula is C16H12F3N3O. The Morgan fingerprint density at radius 2 is 2.00 bits per heavy atom. The fraction of sp³-hybridized carbons (Fsp3) is 0.125. The average Bonchev–Trinajstić information content (AvgIpc) is 2.92. The van der Waals surface area contributed by atoms with Crippen LogP contribution in [0.25, 0.3) is 5.65 Å². The number of carbonyl (C=O) groups excluding carboxylic acids is 1. The number of aryl methyl sites for hydroxylation is 1. The zero-order valence-electron chi connectivity index (χ0n) is 12.1. The molecule has 2 aromatic heterocycles. The van der Waals surface area contributed by atoms with Crippen LogP contribution in [0.3, 0.4) is 0 Å². The average molecular weight is 319 g/mol. The van der Waals surface area contributed by atoms with Crippen LogP contribution in [-0.4, -0.2) is 15.3 Å². The number of imidazole rings is 1. The molecule has 0 saturated carbocycles. The summed E-state index contributed by atoms with van der Waals surface area (Å²) in [6, 6.07) is 5.39. The molecule has 0 aliphatic carbocycles. The van der Waals surface area contributed by atoms with Crippen LogP contribution < -0.4 is 5.32 Å². The van der Waals surface area contributed by atoms with Crippen molar-refractivity contribution in [1.82, 2.24) is 14.7 Å². The molecule has 0 fully saturated rings. The van der Waals surface area contributed by atoms with E-state index in [1.165, 1.54) is 0 Å². The van der Waals surface area contributed by atoms with Crippen molar-refractivity contribution in [1.29, 1.82) is 0 Å². The monoisotopic (exact) mass is 319 g/mol. The summed E-state index contributed by atoms with van der Waals surface area (Å²) >= 11 is 0. The Hall–Kier alpha value is -2.83. The van der Waals surface area contributed by atoms with Gasteiger partial charge in [0.2, 0.25) is 0 Å². The van der Waals surface area contributed by atoms with E-state index in [-0.39, 0.29) is 6.54 Å². The highest BCUT2D eigenvalue weighted by Crippen LogP contribution is 2.15. The van der Waals surface area contributed by atoms with Crippen LogP contribution in [0.4, 0.5) is 13.2 Å². The SMILES string of the molecule is Cc1ccn2cc(CNC(=O)c3ccc(F)c(F)c3F)nc2c1. The van der Waals surface area contributed by atoms with Gasteiger partial charge in [0.1, 0.15) is 5.65 Å². The lowest BCUT2D eigenvalue weighted by Crippen LogP contribution is -2.24. The number of hydrogen-bond acceptors (Lipinski definition) is 2. The Morgan fingerprint density at radius 1 is 1.22 bits per heavy atom. The van der Waals surface area contributed by atoms with Gasteiger partial charge in [-0.25, -0.2) is 18.2 Å². The predicted octanol–water partition coefficient (Wildman–Crippen LogP) is 2.99. The van der Waals surface area contributed by atoms with E-state index < -0.39 is 28.9 Å². The fourth-order valence-electron chi connectivity index (χ4n) is 2.19. The van der Waals surface area contributed by atoms with Gasteiger partial charge in [0.15, 0.2) is 17.5 Å². The number of benzene rings is 1. The van der Waals surface area contributed by atoms with Crippen molar-refractivity contribution in [3.63, 3.8) is 0 Å². The van der Waals surface area contributed by atoms with Crippen LogP contribution in [0.5, 0.6) is 0 Å². The van der Waals surface area contributed by atoms with Gasteiger partial charge in [-0.3, -0.25) is 4.79 Å². The first kappa shape index (κ1) is 15.1. The molecule has 23 heavy (non-hydrogen) atoms. The molecule has 0 bridgehead atoms. The molecule has 3 rings (SSSR count). The summed E-state index contributed by atoms with van der Waals surface area (Å²) in [5.74, 6) is -5.35. The van der Waals surface area contributed by atoms with Gasteiger partial charge in [0.05, 0.1) is 17.8 Å². The Kier molecular flexibility index (Phi) is 3.77. The Labute approximate surface area is 129 Å². The molecule has 0 atom stereocenters. The molecular weight excluding hydrogens is 307 g/mol. The molecule has 4 nitrogen and oxygen atoms in total. The van der Waals surface area contributed by atoms with E-state index >= 15 is 0 Å². The predicted molar refractivity (Wildman–Crippen MR) is 77.4 cm³/mol. The second kappa shape index (κ2) is 5.75. The van der Waals surface area contributed by atoms with E-state index in [0.717, 1.165) is 11.6 Å². The van der Waals surface area contributed by atoms with Crippen molar-refractivity contribution < 1.29 is 18.0 Å². The molecule has 1 N–H and O–H groups in total. The number of carbonyl (C=O) groups is 1. The first-order valence-electron chi connectivity index (χ1n) is 6.81. The summed E-state index contributed by atoms with van der Waals surface area (Å²) in [6.45, 7) is 1.97. The van der Waals surface area contributed by atoms with Gasteiger partial charge >= 0.3 is 0 Å². The first-order valence-corrected chi connectivity index (χ1v) is 6.81. The topological polar surface area (TPSA) is 46.4 Å². The van der Waals surface area contributed by atoms with Gasteiger partial charge in [-0.15, -0.1) is 0 Å². The highest BCUT2D eigenvalue weighted by Gasteiger charge is 2.18. The number of nitrogens with zero attached hydrogens (tertiary/aromatic N) is 2. The van der Waals surface area contributed by atoms with Crippen LogP contribution in [0, 0.1) is 24.4 Å². The Bertz CT molecular complexity index is 905. The summed E-state index contributed by atoms with van der Waals surface area (Å²) < 4.78 is 41.4. The van der Waals surface area contributed by atoms with Crippen LogP contribution in [0.1, 0.15) is 21.6 Å². The molecule has 3 aromatic rings. The minimum atomic E-state index is -1.67. The lowest BCUT2D eigenvalue weighted by Gasteiger charge is -2.05. The lowest BCUT2D eigenvalue weighted by molar-refractivity contribution is 0.0945. The molecule has 0 spiro atoms. The van der Waals surface area contributed by atoms with Crippen molar-refractivity contribution in [2.45, 2.75) is 13.5 Å². The summed E-state index contributed by atoms with van der Waals surface area (Å²) in [7, 11) is 0. The zero-order valence-corrected chi connectivity index (χ0v) is 12.1. The molecule has 2 heterocycles. The van der Waals surface area contributed by atoms with Crippen molar-refractivity contribution in [3.05, 3.63) is 70.9 Å². The summed E-state index contributed by atoms with van der Waals surface area (Å²) in [5, 5.41) is 2.43. The van der Waals surface area contributed by atoms with Gasteiger partial charge in [0, 0.05) is 12.4 Å². The van der Waals surface area contributed by atoms with E-state index in [4.69, 9.17) is 0 Å². The first-order chi connectivity index (χ1) is 11.0. The molecule has 7 heteroatoms. The molecule has 118 valence electrons. The summed E-state index contributed by atoms with van der Waals surface area (Å²) in [4.78, 5) is 16.2. The second-order valence-corrected chi connectivity index (χ2v) is 5.11. The fourth-order valence-corrected chi connectivity index (χ4v) is 2.19. The maximum atomic E-state index is 13.6. The molecule has 1 amide bonds. The summed E-state index contributed by atoms with van der Waals surface area (Å²) in [5.41, 5.74) is 1.77. The van der Waals surface area contributed by atoms with Gasteiger partial charge < -0.3 is 9.72 Å². The van der Waals surface area contributed by atoms with E-state index in [0.29, 0.717) is 17.4 Å². The zero-order chi connectivity index (χ0) is 16.6. The number of pyridine rings is 1. The number of hydrogen-bond donors (Lipinski definition) is 1. The third kappa shape index (κ3) is 2.90. The largest absolute Gasteiger partial charge is 0.346 e. The highest BCUT2D eigenvalue weighted by atomic mass is 19.2. The van der Waals surface area contributed by atoms with Gasteiger partial charge in [-0.05, 0) is 36.8 Å². The number of amides is 1. The molecule has 0 unspecified atom stereocenters. The minimum Gasteiger partial charge on any atom is -0.346 e. The second-order valence-electron chi connectivity index (χ2n) is 5.11. The highest BCUT2D eigenvalue weighted by molar-refractivity contribution is 5.94. The van der Waals surface area contributed by atoms with Crippen LogP contribution >= 0.6 is 0 Å². The molecule has 0 aliphatic rings. The van der Waals surface area contributed by atoms with Crippen LogP contribution in [0.2, 0.25) is 0 Å². The number of fused-ring (bicyclic) bond motifs is 1. The normalized spacial score (nSPS) is 11.0. The third-order valence-electron chi connectivity index (χ3n) is 3.38. The van der Waals surface area contributed by atoms with Crippen molar-refractivity contribution in [3.8, 4) is 0 Å². The van der Waals surface area contributed by atoms with Gasteiger partial charge in [0.25, 0.3) is 5.91 Å². The number of halogens is 3. The number of rotatable bonds is 3. The molecule has 0 radical (unpaired) electrons. The van der Waals surface area contributed by atoms with E-state index in [1.807, 2.05) is 25.3 Å². The Balaban J connectivity index is 1.77. The number of nitrogens with one attached hydrogen (secondary N) is 1. The van der Waals surface area contributed by atoms with Crippen LogP contribution in [0.15, 0.2) is 36.7 Å². The standard InChI is InChI=1S/C16H12F3N3O/c1-9-4-5-22-8-10(21-13(22)6-9)7-20-16(23)11-2-3-12(17)15(19)14(11)18/h2-6,8H,7H2,1H3,(H,20,23). The number of aromatic nitrogens is 2. The van der Waals surface area contributed by atoms with Gasteiger partial charge in [-0.2, -0.15) is 0 Å². The van der Waals surface area contributed by atoms with Crippen molar-refractivity contribution in [2.24, 2.45) is 0 Å². The maximum Gasteiger partial charge on any atom is 0.254 e. The molecule has 0 aliphatic heterocycles. The van der Waals surface area contributed by atoms with E-state index in [9.17, 15) is 18.0 Å². The smallest absolute Gasteiger partial charge is 0.254 e. The lowest BCUT2D eigenvalue weighted by atomic mass is 10.2. The minimum absolute atomic E-state index is 0.0397. The summed E-state index contributed by atoms with van der Waals surface area (Å²) in [6.07, 6.45) is 3.55. The molecule has 0 saturated heterocycles.